The predicted octanol–water partition coefficient (Wildman–Crippen LogP) is 0.701. The molecule has 0 aromatic carbocycles. The Bertz CT molecular complexity index is 465. The molecule has 0 saturated carbocycles. The van der Waals surface area contributed by atoms with Crippen LogP contribution in [0.5, 0.6) is 0 Å². The van der Waals surface area contributed by atoms with Crippen LogP contribution in [0.2, 0.25) is 5.15 Å². The fourth-order valence-corrected chi connectivity index (χ4v) is 1.70. The molecule has 1 fully saturated rings. The summed E-state index contributed by atoms with van der Waals surface area (Å²) in [6.45, 7) is 0. The molecular weight excluding hydrogens is 262 g/mol. The summed E-state index contributed by atoms with van der Waals surface area (Å²) < 4.78 is 5.09. The maximum atomic E-state index is 11.7. The van der Waals surface area contributed by atoms with Gasteiger partial charge >= 0.3 is 5.97 Å². The maximum Gasteiger partial charge on any atom is 0.332 e. The number of aromatic nitrogens is 2. The quantitative estimate of drug-likeness (QED) is 0.839. The van der Waals surface area contributed by atoms with Crippen LogP contribution in [0, 0.1) is 0 Å². The number of ether oxygens (including phenoxy) is 1. The number of carboxylic acids is 1. The van der Waals surface area contributed by atoms with Gasteiger partial charge in [0.15, 0.2) is 17.1 Å². The highest BCUT2D eigenvalue weighted by molar-refractivity contribution is 6.29. The third-order valence-corrected chi connectivity index (χ3v) is 2.67. The first-order chi connectivity index (χ1) is 8.56. The fourth-order valence-electron chi connectivity index (χ4n) is 1.60. The number of nitrogens with one attached hydrogen (secondary N) is 1. The number of carbonyl (C=O) groups is 2. The predicted molar refractivity (Wildman–Crippen MR) is 61.2 cm³/mol. The number of amides is 1. The van der Waals surface area contributed by atoms with Crippen molar-refractivity contribution in [1.82, 2.24) is 10.2 Å². The second kappa shape index (κ2) is 5.28. The van der Waals surface area contributed by atoms with E-state index < -0.39 is 24.1 Å². The highest BCUT2D eigenvalue weighted by Gasteiger charge is 2.34. The Kier molecular flexibility index (Phi) is 3.73. The normalized spacial score (nSPS) is 22.7. The lowest BCUT2D eigenvalue weighted by atomic mass is 10.2. The maximum absolute atomic E-state index is 11.7. The third kappa shape index (κ3) is 2.93. The van der Waals surface area contributed by atoms with E-state index in [4.69, 9.17) is 21.4 Å². The van der Waals surface area contributed by atoms with E-state index in [1.165, 1.54) is 12.1 Å². The summed E-state index contributed by atoms with van der Waals surface area (Å²) in [4.78, 5) is 22.4. The Hall–Kier alpha value is -1.73. The number of carboxylic acid groups (broad SMARTS) is 1. The number of hydrogen-bond donors (Lipinski definition) is 2. The van der Waals surface area contributed by atoms with Crippen LogP contribution in [0.15, 0.2) is 12.1 Å². The van der Waals surface area contributed by atoms with Crippen molar-refractivity contribution in [3.05, 3.63) is 17.3 Å². The summed E-state index contributed by atoms with van der Waals surface area (Å²) >= 11 is 5.55. The first-order valence-corrected chi connectivity index (χ1v) is 5.62. The van der Waals surface area contributed by atoms with Gasteiger partial charge in [-0.3, -0.25) is 4.79 Å². The molecule has 96 valence electrons. The first-order valence-electron chi connectivity index (χ1n) is 5.24. The second-order valence-corrected chi connectivity index (χ2v) is 4.15. The van der Waals surface area contributed by atoms with Gasteiger partial charge in [0, 0.05) is 0 Å². The van der Waals surface area contributed by atoms with E-state index in [-0.39, 0.29) is 11.0 Å². The summed E-state index contributed by atoms with van der Waals surface area (Å²) in [5, 5.41) is 18.7. The zero-order valence-corrected chi connectivity index (χ0v) is 9.92. The van der Waals surface area contributed by atoms with Crippen LogP contribution in [0.4, 0.5) is 5.82 Å². The minimum atomic E-state index is -1.06. The standard InChI is InChI=1S/C10H10ClN3O4/c11-7-3-4-8(14-13-7)12-9(15)5-1-2-6(18-5)10(16)17/h3-6H,1-2H2,(H,16,17)(H,12,14,15). The summed E-state index contributed by atoms with van der Waals surface area (Å²) in [5.41, 5.74) is 0. The molecule has 0 spiro atoms. The number of nitrogens with zero attached hydrogens (tertiary/aromatic N) is 2. The Balaban J connectivity index is 1.93. The van der Waals surface area contributed by atoms with E-state index in [0.29, 0.717) is 12.8 Å². The van der Waals surface area contributed by atoms with Crippen LogP contribution in [0.1, 0.15) is 12.8 Å². The summed E-state index contributed by atoms with van der Waals surface area (Å²) in [5.74, 6) is -1.25. The van der Waals surface area contributed by atoms with Gasteiger partial charge in [-0.05, 0) is 25.0 Å². The molecule has 0 radical (unpaired) electrons. The zero-order chi connectivity index (χ0) is 13.1. The number of hydrogen-bond acceptors (Lipinski definition) is 5. The van der Waals surface area contributed by atoms with Crippen LogP contribution in [0.25, 0.3) is 0 Å². The molecule has 2 rings (SSSR count). The molecule has 1 aliphatic rings. The Morgan fingerprint density at radius 3 is 2.61 bits per heavy atom. The van der Waals surface area contributed by atoms with Gasteiger partial charge in [0.25, 0.3) is 5.91 Å². The average molecular weight is 272 g/mol. The molecule has 1 aliphatic heterocycles. The first kappa shape index (κ1) is 12.7. The lowest BCUT2D eigenvalue weighted by Crippen LogP contribution is -2.30. The van der Waals surface area contributed by atoms with Crippen molar-refractivity contribution < 1.29 is 19.4 Å². The van der Waals surface area contributed by atoms with Gasteiger partial charge in [0.1, 0.15) is 6.10 Å². The van der Waals surface area contributed by atoms with Gasteiger partial charge in [-0.15, -0.1) is 10.2 Å². The molecule has 18 heavy (non-hydrogen) atoms. The Morgan fingerprint density at radius 1 is 1.33 bits per heavy atom. The van der Waals surface area contributed by atoms with Gasteiger partial charge in [0.05, 0.1) is 0 Å². The minimum absolute atomic E-state index is 0.219. The molecular formula is C10H10ClN3O4. The number of halogens is 1. The molecule has 2 N–H and O–H groups in total. The SMILES string of the molecule is O=C(O)C1CCC(C(=O)Nc2ccc(Cl)nn2)O1. The van der Waals surface area contributed by atoms with Crippen molar-refractivity contribution in [3.63, 3.8) is 0 Å². The molecule has 0 bridgehead atoms. The zero-order valence-electron chi connectivity index (χ0n) is 9.17. The molecule has 2 unspecified atom stereocenters. The van der Waals surface area contributed by atoms with Crippen molar-refractivity contribution in [3.8, 4) is 0 Å². The molecule has 2 heterocycles. The fraction of sp³-hybridized carbons (Fsp3) is 0.400. The van der Waals surface area contributed by atoms with Crippen LogP contribution < -0.4 is 5.32 Å². The molecule has 0 aliphatic carbocycles. The number of aliphatic carboxylic acids is 1. The smallest absolute Gasteiger partial charge is 0.332 e. The van der Waals surface area contributed by atoms with Crippen molar-refractivity contribution in [2.45, 2.75) is 25.0 Å². The lowest BCUT2D eigenvalue weighted by molar-refractivity contribution is -0.150. The molecule has 8 heteroatoms. The van der Waals surface area contributed by atoms with Gasteiger partial charge in [0.2, 0.25) is 0 Å². The highest BCUT2D eigenvalue weighted by Crippen LogP contribution is 2.21. The van der Waals surface area contributed by atoms with Crippen molar-refractivity contribution in [2.24, 2.45) is 0 Å². The van der Waals surface area contributed by atoms with Gasteiger partial charge < -0.3 is 15.2 Å². The number of rotatable bonds is 3. The van der Waals surface area contributed by atoms with Crippen LogP contribution >= 0.6 is 11.6 Å². The summed E-state index contributed by atoms with van der Waals surface area (Å²) in [6.07, 6.45) is -1.01. The van der Waals surface area contributed by atoms with Crippen LogP contribution in [0.3, 0.4) is 0 Å². The molecule has 1 aromatic heterocycles. The largest absolute Gasteiger partial charge is 0.479 e. The van der Waals surface area contributed by atoms with E-state index >= 15 is 0 Å². The van der Waals surface area contributed by atoms with Crippen LogP contribution in [-0.2, 0) is 14.3 Å². The van der Waals surface area contributed by atoms with E-state index in [0.717, 1.165) is 0 Å². The topological polar surface area (TPSA) is 101 Å². The number of anilines is 1. The lowest BCUT2D eigenvalue weighted by Gasteiger charge is -2.10. The third-order valence-electron chi connectivity index (χ3n) is 2.47. The van der Waals surface area contributed by atoms with E-state index in [1.807, 2.05) is 0 Å². The minimum Gasteiger partial charge on any atom is -0.479 e. The molecule has 1 saturated heterocycles. The van der Waals surface area contributed by atoms with Crippen molar-refractivity contribution >= 4 is 29.3 Å². The Labute approximate surface area is 107 Å². The van der Waals surface area contributed by atoms with Gasteiger partial charge in [-0.25, -0.2) is 4.79 Å². The highest BCUT2D eigenvalue weighted by atomic mass is 35.5. The molecule has 2 atom stereocenters. The van der Waals surface area contributed by atoms with E-state index in [2.05, 4.69) is 15.5 Å². The van der Waals surface area contributed by atoms with Crippen molar-refractivity contribution in [2.75, 3.05) is 5.32 Å². The molecule has 1 aromatic rings. The summed E-state index contributed by atoms with van der Waals surface area (Å²) in [6, 6.07) is 2.98. The number of carbonyl (C=O) groups excluding carboxylic acids is 1. The molecule has 7 nitrogen and oxygen atoms in total. The Morgan fingerprint density at radius 2 is 2.06 bits per heavy atom. The second-order valence-electron chi connectivity index (χ2n) is 3.76. The molecule has 1 amide bonds. The van der Waals surface area contributed by atoms with Crippen LogP contribution in [-0.4, -0.2) is 39.4 Å². The van der Waals surface area contributed by atoms with E-state index in [9.17, 15) is 9.59 Å². The summed E-state index contributed by atoms with van der Waals surface area (Å²) in [7, 11) is 0. The average Bonchev–Trinajstić information content (AvgIpc) is 2.81. The van der Waals surface area contributed by atoms with Crippen molar-refractivity contribution in [1.29, 1.82) is 0 Å². The monoisotopic (exact) mass is 271 g/mol. The van der Waals surface area contributed by atoms with Gasteiger partial charge in [-0.1, -0.05) is 11.6 Å². The van der Waals surface area contributed by atoms with E-state index in [1.54, 1.807) is 0 Å². The van der Waals surface area contributed by atoms with Gasteiger partial charge in [-0.2, -0.15) is 0 Å².